The molecule has 0 aromatic rings. The molecule has 3 nitrogen and oxygen atoms in total. The molecule has 0 saturated carbocycles. The van der Waals surface area contributed by atoms with Crippen LogP contribution < -0.4 is 0 Å². The molecule has 0 spiro atoms. The van der Waals surface area contributed by atoms with Gasteiger partial charge in [0.25, 0.3) is 0 Å². The summed E-state index contributed by atoms with van der Waals surface area (Å²) in [5.74, 6) is -0.319. The molecule has 13 heavy (non-hydrogen) atoms. The highest BCUT2D eigenvalue weighted by Gasteiger charge is 2.47. The van der Waals surface area contributed by atoms with Gasteiger partial charge in [0.1, 0.15) is 0 Å². The van der Waals surface area contributed by atoms with Crippen LogP contribution in [0.25, 0.3) is 0 Å². The molecule has 0 aromatic heterocycles. The van der Waals surface area contributed by atoms with E-state index in [-0.39, 0.29) is 11.9 Å². The van der Waals surface area contributed by atoms with Gasteiger partial charge in [-0.05, 0) is 13.3 Å². The van der Waals surface area contributed by atoms with Crippen molar-refractivity contribution in [2.45, 2.75) is 26.4 Å². The van der Waals surface area contributed by atoms with Crippen molar-refractivity contribution in [3.8, 4) is 0 Å². The number of allylic oxidation sites excluding steroid dienone is 1. The van der Waals surface area contributed by atoms with Gasteiger partial charge in [0.2, 0.25) is 0 Å². The number of hydrogen-bond donors (Lipinski definition) is 1. The number of esters is 1. The van der Waals surface area contributed by atoms with Gasteiger partial charge >= 0.3 is 5.97 Å². The molecule has 1 aliphatic rings. The van der Waals surface area contributed by atoms with E-state index in [1.54, 1.807) is 13.0 Å². The smallest absolute Gasteiger partial charge is 0.314 e. The van der Waals surface area contributed by atoms with E-state index in [9.17, 15) is 9.90 Å². The number of rotatable bonds is 2. The van der Waals surface area contributed by atoms with Gasteiger partial charge in [0.15, 0.2) is 0 Å². The minimum atomic E-state index is -0.806. The lowest BCUT2D eigenvalue weighted by Crippen LogP contribution is -2.50. The third kappa shape index (κ3) is 1.61. The summed E-state index contributed by atoms with van der Waals surface area (Å²) < 4.78 is 4.98. The summed E-state index contributed by atoms with van der Waals surface area (Å²) in [5.41, 5.74) is -0.806. The van der Waals surface area contributed by atoms with Crippen LogP contribution in [0.5, 0.6) is 0 Å². The van der Waals surface area contributed by atoms with E-state index < -0.39 is 11.5 Å². The van der Waals surface area contributed by atoms with Crippen molar-refractivity contribution in [1.82, 2.24) is 0 Å². The second kappa shape index (κ2) is 3.50. The molecule has 1 saturated heterocycles. The maximum atomic E-state index is 11.4. The maximum Gasteiger partial charge on any atom is 0.314 e. The topological polar surface area (TPSA) is 46.5 Å². The molecule has 74 valence electrons. The van der Waals surface area contributed by atoms with Crippen LogP contribution in [0.3, 0.4) is 0 Å². The molecule has 0 radical (unpaired) electrons. The lowest BCUT2D eigenvalue weighted by molar-refractivity contribution is -0.180. The molecule has 1 N–H and O–H groups in total. The molecule has 1 rings (SSSR count). The fourth-order valence-electron chi connectivity index (χ4n) is 1.72. The summed E-state index contributed by atoms with van der Waals surface area (Å²) in [5, 5.41) is 9.85. The summed E-state index contributed by atoms with van der Waals surface area (Å²) in [7, 11) is 0. The number of carbonyl (C=O) groups excluding carboxylic acids is 1. The van der Waals surface area contributed by atoms with Crippen molar-refractivity contribution in [3.05, 3.63) is 12.7 Å². The van der Waals surface area contributed by atoms with Gasteiger partial charge in [-0.15, -0.1) is 6.58 Å². The summed E-state index contributed by atoms with van der Waals surface area (Å²) in [6.07, 6.45) is 1.46. The lowest BCUT2D eigenvalue weighted by atomic mass is 9.74. The number of aliphatic hydroxyl groups is 1. The van der Waals surface area contributed by atoms with Gasteiger partial charge in [-0.1, -0.05) is 13.0 Å². The highest BCUT2D eigenvalue weighted by atomic mass is 16.5. The van der Waals surface area contributed by atoms with E-state index in [1.807, 2.05) is 6.92 Å². The number of carbonyl (C=O) groups is 1. The van der Waals surface area contributed by atoms with Gasteiger partial charge in [-0.2, -0.15) is 0 Å². The van der Waals surface area contributed by atoms with E-state index in [4.69, 9.17) is 4.74 Å². The fraction of sp³-hybridized carbons (Fsp3) is 0.700. The first-order chi connectivity index (χ1) is 6.02. The monoisotopic (exact) mass is 184 g/mol. The Hall–Kier alpha value is -0.830. The minimum absolute atomic E-state index is 0.00245. The summed E-state index contributed by atoms with van der Waals surface area (Å²) in [6.45, 7) is 7.48. The zero-order valence-corrected chi connectivity index (χ0v) is 8.12. The average molecular weight is 184 g/mol. The van der Waals surface area contributed by atoms with E-state index in [0.29, 0.717) is 13.0 Å². The molecule has 1 heterocycles. The molecule has 0 amide bonds. The maximum absolute atomic E-state index is 11.4. The SMILES string of the molecule is C=CC[C@]1(C)C(=O)OC[C@H](C)[C@H]1O. The molecule has 1 fully saturated rings. The third-order valence-corrected chi connectivity index (χ3v) is 2.70. The number of cyclic esters (lactones) is 1. The van der Waals surface area contributed by atoms with Crippen molar-refractivity contribution >= 4 is 5.97 Å². The molecule has 1 aliphatic heterocycles. The van der Waals surface area contributed by atoms with E-state index in [1.165, 1.54) is 0 Å². The van der Waals surface area contributed by atoms with Crippen LogP contribution in [0, 0.1) is 11.3 Å². The quantitative estimate of drug-likeness (QED) is 0.516. The van der Waals surface area contributed by atoms with Gasteiger partial charge in [0.05, 0.1) is 18.1 Å². The van der Waals surface area contributed by atoms with Crippen LogP contribution in [-0.4, -0.2) is 23.8 Å². The second-order valence-electron chi connectivity index (χ2n) is 3.93. The third-order valence-electron chi connectivity index (χ3n) is 2.70. The normalized spacial score (nSPS) is 39.8. The molecule has 3 heteroatoms. The van der Waals surface area contributed by atoms with Gasteiger partial charge in [0, 0.05) is 5.92 Å². The Morgan fingerprint density at radius 2 is 2.46 bits per heavy atom. The Kier molecular flexibility index (Phi) is 2.76. The Morgan fingerprint density at radius 1 is 1.85 bits per heavy atom. The number of ether oxygens (including phenoxy) is 1. The Morgan fingerprint density at radius 3 is 3.00 bits per heavy atom. The van der Waals surface area contributed by atoms with Crippen molar-refractivity contribution in [2.24, 2.45) is 11.3 Å². The molecule has 0 aromatic carbocycles. The largest absolute Gasteiger partial charge is 0.465 e. The second-order valence-corrected chi connectivity index (χ2v) is 3.93. The van der Waals surface area contributed by atoms with Gasteiger partial charge < -0.3 is 9.84 Å². The van der Waals surface area contributed by atoms with E-state index >= 15 is 0 Å². The zero-order chi connectivity index (χ0) is 10.1. The minimum Gasteiger partial charge on any atom is -0.465 e. The summed E-state index contributed by atoms with van der Waals surface area (Å²) in [6, 6.07) is 0. The zero-order valence-electron chi connectivity index (χ0n) is 8.12. The lowest BCUT2D eigenvalue weighted by Gasteiger charge is -2.39. The summed E-state index contributed by atoms with van der Waals surface area (Å²) >= 11 is 0. The van der Waals surface area contributed by atoms with E-state index in [2.05, 4.69) is 6.58 Å². The predicted molar refractivity (Wildman–Crippen MR) is 49.1 cm³/mol. The van der Waals surface area contributed by atoms with Crippen molar-refractivity contribution in [1.29, 1.82) is 0 Å². The van der Waals surface area contributed by atoms with Crippen LogP contribution >= 0.6 is 0 Å². The molecule has 0 bridgehead atoms. The highest BCUT2D eigenvalue weighted by molar-refractivity contribution is 5.78. The van der Waals surface area contributed by atoms with Crippen molar-refractivity contribution < 1.29 is 14.6 Å². The van der Waals surface area contributed by atoms with E-state index in [0.717, 1.165) is 0 Å². The standard InChI is InChI=1S/C10H16O3/c1-4-5-10(3)8(11)7(2)6-13-9(10)12/h4,7-8,11H,1,5-6H2,2-3H3/t7-,8+,10-/m0/s1. The molecule has 3 atom stereocenters. The van der Waals surface area contributed by atoms with Crippen molar-refractivity contribution in [3.63, 3.8) is 0 Å². The Bertz CT molecular complexity index is 224. The van der Waals surface area contributed by atoms with Gasteiger partial charge in [-0.25, -0.2) is 0 Å². The predicted octanol–water partition coefficient (Wildman–Crippen LogP) is 1.12. The van der Waals surface area contributed by atoms with Gasteiger partial charge in [-0.3, -0.25) is 4.79 Å². The van der Waals surface area contributed by atoms with Crippen LogP contribution in [-0.2, 0) is 9.53 Å². The van der Waals surface area contributed by atoms with Crippen LogP contribution in [0.1, 0.15) is 20.3 Å². The highest BCUT2D eigenvalue weighted by Crippen LogP contribution is 2.36. The fourth-order valence-corrected chi connectivity index (χ4v) is 1.72. The number of hydrogen-bond acceptors (Lipinski definition) is 3. The molecular formula is C10H16O3. The molecular weight excluding hydrogens is 168 g/mol. The van der Waals surface area contributed by atoms with Crippen LogP contribution in [0.15, 0.2) is 12.7 Å². The summed E-state index contributed by atoms with van der Waals surface area (Å²) in [4.78, 5) is 11.4. The average Bonchev–Trinajstić information content (AvgIpc) is 2.10. The molecule has 0 unspecified atom stereocenters. The van der Waals surface area contributed by atoms with Crippen LogP contribution in [0.4, 0.5) is 0 Å². The first-order valence-corrected chi connectivity index (χ1v) is 4.48. The Labute approximate surface area is 78.4 Å². The first-order valence-electron chi connectivity index (χ1n) is 4.48. The van der Waals surface area contributed by atoms with Crippen LogP contribution in [0.2, 0.25) is 0 Å². The Balaban J connectivity index is 2.87. The number of aliphatic hydroxyl groups excluding tert-OH is 1. The molecule has 0 aliphatic carbocycles. The van der Waals surface area contributed by atoms with Crippen molar-refractivity contribution in [2.75, 3.05) is 6.61 Å². The first kappa shape index (κ1) is 10.3.